The lowest BCUT2D eigenvalue weighted by Crippen LogP contribution is -2.40. The van der Waals surface area contributed by atoms with Crippen LogP contribution in [0.2, 0.25) is 0 Å². The van der Waals surface area contributed by atoms with E-state index in [0.717, 1.165) is 16.5 Å². The summed E-state index contributed by atoms with van der Waals surface area (Å²) < 4.78 is 0.867. The molecular weight excluding hydrogens is 310 g/mol. The Balaban J connectivity index is 2.19. The Kier molecular flexibility index (Phi) is 4.21. The van der Waals surface area contributed by atoms with Gasteiger partial charge >= 0.3 is 0 Å². The number of benzene rings is 1. The van der Waals surface area contributed by atoms with E-state index in [4.69, 9.17) is 5.73 Å². The van der Waals surface area contributed by atoms with Crippen LogP contribution in [0.1, 0.15) is 24.9 Å². The van der Waals surface area contributed by atoms with E-state index in [2.05, 4.69) is 21.2 Å². The molecule has 0 bridgehead atoms. The summed E-state index contributed by atoms with van der Waals surface area (Å²) in [6.07, 6.45) is 0.864. The standard InChI is InChI=1S/C13H16BrN3O2/c1-2-5-16-11(18)7-17-10-4-3-8(14)6-9(10)12(15)13(17)19/h3-4,6,12H,2,5,7,15H2,1H3,(H,16,18). The molecule has 5 nitrogen and oxygen atoms in total. The zero-order chi connectivity index (χ0) is 14.0. The molecule has 0 spiro atoms. The summed E-state index contributed by atoms with van der Waals surface area (Å²) in [5.41, 5.74) is 7.35. The molecule has 1 aromatic carbocycles. The molecule has 0 aromatic heterocycles. The van der Waals surface area contributed by atoms with Crippen molar-refractivity contribution in [1.82, 2.24) is 5.32 Å². The minimum atomic E-state index is -0.688. The first-order valence-corrected chi connectivity index (χ1v) is 6.97. The van der Waals surface area contributed by atoms with Gasteiger partial charge in [0.25, 0.3) is 0 Å². The Bertz CT molecular complexity index is 519. The smallest absolute Gasteiger partial charge is 0.249 e. The molecule has 1 aromatic rings. The van der Waals surface area contributed by atoms with Crippen LogP contribution < -0.4 is 16.0 Å². The van der Waals surface area contributed by atoms with Crippen LogP contribution in [-0.4, -0.2) is 24.9 Å². The number of hydrogen-bond donors (Lipinski definition) is 2. The quantitative estimate of drug-likeness (QED) is 0.876. The molecule has 0 saturated heterocycles. The number of hydrogen-bond acceptors (Lipinski definition) is 3. The normalized spacial score (nSPS) is 17.5. The summed E-state index contributed by atoms with van der Waals surface area (Å²) in [4.78, 5) is 25.3. The summed E-state index contributed by atoms with van der Waals surface area (Å²) in [6, 6.07) is 4.77. The largest absolute Gasteiger partial charge is 0.355 e. The maximum atomic E-state index is 12.1. The van der Waals surface area contributed by atoms with Crippen molar-refractivity contribution in [3.63, 3.8) is 0 Å². The number of nitrogens with one attached hydrogen (secondary N) is 1. The first-order valence-electron chi connectivity index (χ1n) is 6.17. The maximum absolute atomic E-state index is 12.1. The number of anilines is 1. The minimum absolute atomic E-state index is 0.0150. The Morgan fingerprint density at radius 3 is 2.95 bits per heavy atom. The molecule has 1 unspecified atom stereocenters. The third-order valence-electron chi connectivity index (χ3n) is 3.02. The summed E-state index contributed by atoms with van der Waals surface area (Å²) in [5, 5.41) is 2.75. The topological polar surface area (TPSA) is 75.4 Å². The number of halogens is 1. The van der Waals surface area contributed by atoms with Gasteiger partial charge in [-0.3, -0.25) is 9.59 Å². The molecule has 0 saturated carbocycles. The van der Waals surface area contributed by atoms with Crippen LogP contribution in [0.4, 0.5) is 5.69 Å². The van der Waals surface area contributed by atoms with E-state index >= 15 is 0 Å². The number of fused-ring (bicyclic) bond motifs is 1. The van der Waals surface area contributed by atoms with Crippen LogP contribution >= 0.6 is 15.9 Å². The SMILES string of the molecule is CCCNC(=O)CN1C(=O)C(N)c2cc(Br)ccc21. The fraction of sp³-hybridized carbons (Fsp3) is 0.385. The number of amides is 2. The van der Waals surface area contributed by atoms with Gasteiger partial charge in [0.2, 0.25) is 11.8 Å². The molecule has 1 atom stereocenters. The minimum Gasteiger partial charge on any atom is -0.355 e. The highest BCUT2D eigenvalue weighted by Gasteiger charge is 2.35. The second kappa shape index (κ2) is 5.71. The van der Waals surface area contributed by atoms with Crippen LogP contribution in [0.3, 0.4) is 0 Å². The van der Waals surface area contributed by atoms with Crippen LogP contribution in [0, 0.1) is 0 Å². The Morgan fingerprint density at radius 2 is 2.26 bits per heavy atom. The molecule has 2 rings (SSSR count). The van der Waals surface area contributed by atoms with Crippen LogP contribution in [0.25, 0.3) is 0 Å². The maximum Gasteiger partial charge on any atom is 0.249 e. The van der Waals surface area contributed by atoms with Crippen LogP contribution in [0.15, 0.2) is 22.7 Å². The van der Waals surface area contributed by atoms with Gasteiger partial charge in [-0.05, 0) is 24.6 Å². The number of carbonyl (C=O) groups is 2. The number of nitrogens with two attached hydrogens (primary N) is 1. The molecule has 0 fully saturated rings. The molecule has 1 heterocycles. The molecule has 3 N–H and O–H groups in total. The van der Waals surface area contributed by atoms with Crippen LogP contribution in [-0.2, 0) is 9.59 Å². The van der Waals surface area contributed by atoms with Gasteiger partial charge in [-0.2, -0.15) is 0 Å². The second-order valence-corrected chi connectivity index (χ2v) is 5.37. The van der Waals surface area contributed by atoms with E-state index in [1.165, 1.54) is 4.90 Å². The molecule has 1 aliphatic heterocycles. The average Bonchev–Trinajstić information content (AvgIpc) is 2.61. The highest BCUT2D eigenvalue weighted by Crippen LogP contribution is 2.35. The Labute approximate surface area is 120 Å². The Morgan fingerprint density at radius 1 is 1.53 bits per heavy atom. The molecule has 102 valence electrons. The van der Waals surface area contributed by atoms with Gasteiger partial charge in [0, 0.05) is 22.3 Å². The van der Waals surface area contributed by atoms with Crippen LogP contribution in [0.5, 0.6) is 0 Å². The Hall–Kier alpha value is -1.40. The van der Waals surface area contributed by atoms with Crippen molar-refractivity contribution in [2.75, 3.05) is 18.0 Å². The lowest BCUT2D eigenvalue weighted by molar-refractivity contribution is -0.124. The molecule has 2 amide bonds. The molecule has 19 heavy (non-hydrogen) atoms. The number of nitrogens with zero attached hydrogens (tertiary/aromatic N) is 1. The summed E-state index contributed by atoms with van der Waals surface area (Å²) in [6.45, 7) is 2.60. The lowest BCUT2D eigenvalue weighted by atomic mass is 10.1. The van der Waals surface area contributed by atoms with Crippen molar-refractivity contribution in [2.45, 2.75) is 19.4 Å². The predicted octanol–water partition coefficient (Wildman–Crippen LogP) is 1.32. The third kappa shape index (κ3) is 2.79. The zero-order valence-electron chi connectivity index (χ0n) is 10.6. The molecule has 1 aliphatic rings. The van der Waals surface area contributed by atoms with Crippen molar-refractivity contribution >= 4 is 33.4 Å². The van der Waals surface area contributed by atoms with Gasteiger partial charge in [-0.25, -0.2) is 0 Å². The lowest BCUT2D eigenvalue weighted by Gasteiger charge is -2.17. The van der Waals surface area contributed by atoms with E-state index < -0.39 is 6.04 Å². The molecule has 6 heteroatoms. The predicted molar refractivity (Wildman–Crippen MR) is 76.7 cm³/mol. The summed E-state index contributed by atoms with van der Waals surface area (Å²) >= 11 is 3.35. The van der Waals surface area contributed by atoms with E-state index in [1.807, 2.05) is 19.1 Å². The zero-order valence-corrected chi connectivity index (χ0v) is 12.2. The van der Waals surface area contributed by atoms with Gasteiger partial charge in [0.1, 0.15) is 12.6 Å². The van der Waals surface area contributed by atoms with Crippen molar-refractivity contribution in [1.29, 1.82) is 0 Å². The van der Waals surface area contributed by atoms with Crippen molar-refractivity contribution in [3.05, 3.63) is 28.2 Å². The monoisotopic (exact) mass is 325 g/mol. The fourth-order valence-electron chi connectivity index (χ4n) is 2.07. The van der Waals surface area contributed by atoms with Gasteiger partial charge in [-0.15, -0.1) is 0 Å². The van der Waals surface area contributed by atoms with E-state index in [1.54, 1.807) is 6.07 Å². The first-order chi connectivity index (χ1) is 9.04. The van der Waals surface area contributed by atoms with Gasteiger partial charge in [0.05, 0.1) is 0 Å². The summed E-state index contributed by atoms with van der Waals surface area (Å²) in [5.74, 6) is -0.405. The van der Waals surface area contributed by atoms with Crippen molar-refractivity contribution in [2.24, 2.45) is 5.73 Å². The van der Waals surface area contributed by atoms with E-state index in [9.17, 15) is 9.59 Å². The second-order valence-electron chi connectivity index (χ2n) is 4.46. The highest BCUT2D eigenvalue weighted by molar-refractivity contribution is 9.10. The number of carbonyl (C=O) groups excluding carboxylic acids is 2. The highest BCUT2D eigenvalue weighted by atomic mass is 79.9. The molecule has 0 radical (unpaired) electrons. The molecule has 0 aliphatic carbocycles. The molecular formula is C13H16BrN3O2. The number of rotatable bonds is 4. The summed E-state index contributed by atoms with van der Waals surface area (Å²) in [7, 11) is 0. The van der Waals surface area contributed by atoms with E-state index in [0.29, 0.717) is 12.2 Å². The fourth-order valence-corrected chi connectivity index (χ4v) is 2.45. The van der Waals surface area contributed by atoms with Gasteiger partial charge in [0.15, 0.2) is 0 Å². The van der Waals surface area contributed by atoms with Gasteiger partial charge < -0.3 is 16.0 Å². The third-order valence-corrected chi connectivity index (χ3v) is 3.51. The van der Waals surface area contributed by atoms with Crippen molar-refractivity contribution < 1.29 is 9.59 Å². The first kappa shape index (κ1) is 14.0. The van der Waals surface area contributed by atoms with E-state index in [-0.39, 0.29) is 18.4 Å². The average molecular weight is 326 g/mol. The van der Waals surface area contributed by atoms with Crippen molar-refractivity contribution in [3.8, 4) is 0 Å². The van der Waals surface area contributed by atoms with Gasteiger partial charge in [-0.1, -0.05) is 22.9 Å².